The lowest BCUT2D eigenvalue weighted by molar-refractivity contribution is -0.113. The molecule has 0 radical (unpaired) electrons. The van der Waals surface area contributed by atoms with Gasteiger partial charge in [-0.2, -0.15) is 5.26 Å². The zero-order chi connectivity index (χ0) is 25.1. The van der Waals surface area contributed by atoms with Gasteiger partial charge in [0.05, 0.1) is 16.3 Å². The number of hydrogen-bond donors (Lipinski definition) is 1. The van der Waals surface area contributed by atoms with Crippen LogP contribution in [0.3, 0.4) is 0 Å². The normalized spacial score (nSPS) is 15.8. The first-order chi connectivity index (χ1) is 16.8. The molecule has 2 heterocycles. The number of hydrogen-bond acceptors (Lipinski definition) is 7. The number of aromatic nitrogens is 3. The van der Waals surface area contributed by atoms with Gasteiger partial charge >= 0.3 is 0 Å². The van der Waals surface area contributed by atoms with Gasteiger partial charge in [0.15, 0.2) is 17.1 Å². The van der Waals surface area contributed by atoms with Crippen molar-refractivity contribution in [2.75, 3.05) is 11.1 Å². The Morgan fingerprint density at radius 1 is 1.43 bits per heavy atom. The molecular weight excluding hydrogens is 525 g/mol. The van der Waals surface area contributed by atoms with Crippen molar-refractivity contribution >= 4 is 57.2 Å². The molecule has 1 aliphatic rings. The number of carbonyl (C=O) groups excluding carboxylic acids is 1. The minimum atomic E-state index is -0.431. The SMILES string of the molecule is CCn1c(SCC(=O)Nc2sc3c(c2C#N)CCC(C)C3)nnc1C(C)Oc1cc(Cl)ccc1Cl. The van der Waals surface area contributed by atoms with Crippen LogP contribution in [0.2, 0.25) is 10.0 Å². The van der Waals surface area contributed by atoms with E-state index in [9.17, 15) is 10.1 Å². The molecule has 0 aliphatic heterocycles. The summed E-state index contributed by atoms with van der Waals surface area (Å²) in [6.45, 7) is 6.67. The molecule has 1 aliphatic carbocycles. The van der Waals surface area contributed by atoms with E-state index in [0.29, 0.717) is 49.8 Å². The standard InChI is InChI=1S/C24H25Cl2N5O2S2/c1-4-31-22(14(3)33-19-10-15(25)6-8-18(19)26)29-30-24(31)34-12-21(32)28-23-17(11-27)16-7-5-13(2)9-20(16)35-23/h6,8,10,13-14H,4-5,7,9,12H2,1-3H3,(H,28,32). The molecule has 2 aromatic heterocycles. The van der Waals surface area contributed by atoms with Crippen LogP contribution >= 0.6 is 46.3 Å². The van der Waals surface area contributed by atoms with Crippen LogP contribution in [-0.2, 0) is 24.2 Å². The molecule has 184 valence electrons. The zero-order valence-electron chi connectivity index (χ0n) is 19.6. The number of amides is 1. The van der Waals surface area contributed by atoms with E-state index in [4.69, 9.17) is 27.9 Å². The first-order valence-electron chi connectivity index (χ1n) is 11.3. The highest BCUT2D eigenvalue weighted by Gasteiger charge is 2.25. The molecule has 35 heavy (non-hydrogen) atoms. The summed E-state index contributed by atoms with van der Waals surface area (Å²) in [4.78, 5) is 14.0. The molecule has 1 N–H and O–H groups in total. The first-order valence-corrected chi connectivity index (χ1v) is 13.9. The maximum absolute atomic E-state index is 12.7. The highest BCUT2D eigenvalue weighted by molar-refractivity contribution is 7.99. The molecule has 7 nitrogen and oxygen atoms in total. The molecule has 2 unspecified atom stereocenters. The van der Waals surface area contributed by atoms with Crippen LogP contribution < -0.4 is 10.1 Å². The van der Waals surface area contributed by atoms with E-state index in [-0.39, 0.29) is 11.7 Å². The molecule has 1 aromatic carbocycles. The second kappa shape index (κ2) is 11.2. The topological polar surface area (TPSA) is 92.8 Å². The fourth-order valence-corrected chi connectivity index (χ4v) is 6.58. The molecule has 3 aromatic rings. The summed E-state index contributed by atoms with van der Waals surface area (Å²) in [6.07, 6.45) is 2.49. The quantitative estimate of drug-likeness (QED) is 0.321. The van der Waals surface area contributed by atoms with E-state index >= 15 is 0 Å². The van der Waals surface area contributed by atoms with Crippen molar-refractivity contribution < 1.29 is 9.53 Å². The van der Waals surface area contributed by atoms with Gasteiger partial charge in [0.2, 0.25) is 5.91 Å². The average molecular weight is 551 g/mol. The number of carbonyl (C=O) groups is 1. The Morgan fingerprint density at radius 3 is 2.97 bits per heavy atom. The molecule has 0 bridgehead atoms. The predicted octanol–water partition coefficient (Wildman–Crippen LogP) is 6.53. The lowest BCUT2D eigenvalue weighted by atomic mass is 9.89. The number of ether oxygens (including phenoxy) is 1. The third-order valence-electron chi connectivity index (χ3n) is 5.83. The number of halogens is 2. The van der Waals surface area contributed by atoms with Crippen LogP contribution in [0.4, 0.5) is 5.00 Å². The number of anilines is 1. The molecule has 0 saturated carbocycles. The summed E-state index contributed by atoms with van der Waals surface area (Å²) >= 11 is 15.1. The van der Waals surface area contributed by atoms with Gasteiger partial charge in [-0.3, -0.25) is 4.79 Å². The van der Waals surface area contributed by atoms with Gasteiger partial charge in [0.25, 0.3) is 0 Å². The van der Waals surface area contributed by atoms with E-state index in [0.717, 1.165) is 24.8 Å². The third kappa shape index (κ3) is 5.78. The van der Waals surface area contributed by atoms with E-state index in [1.54, 1.807) is 18.2 Å². The average Bonchev–Trinajstić information content (AvgIpc) is 3.39. The molecule has 0 spiro atoms. The third-order valence-corrected chi connectivity index (χ3v) is 8.51. The minimum Gasteiger partial charge on any atom is -0.481 e. The van der Waals surface area contributed by atoms with Crippen molar-refractivity contribution in [1.82, 2.24) is 14.8 Å². The Balaban J connectivity index is 1.42. The fourth-order valence-electron chi connectivity index (χ4n) is 4.07. The van der Waals surface area contributed by atoms with Crippen LogP contribution in [0.15, 0.2) is 23.4 Å². The van der Waals surface area contributed by atoms with E-state index in [1.165, 1.54) is 28.0 Å². The Morgan fingerprint density at radius 2 is 2.23 bits per heavy atom. The smallest absolute Gasteiger partial charge is 0.235 e. The Labute approximate surface area is 222 Å². The number of nitrogens with zero attached hydrogens (tertiary/aromatic N) is 4. The number of rotatable bonds is 8. The summed E-state index contributed by atoms with van der Waals surface area (Å²) in [5.41, 5.74) is 1.71. The molecule has 1 amide bonds. The van der Waals surface area contributed by atoms with Crippen LogP contribution in [-0.4, -0.2) is 26.4 Å². The van der Waals surface area contributed by atoms with Crippen molar-refractivity contribution in [2.24, 2.45) is 5.92 Å². The van der Waals surface area contributed by atoms with E-state index in [2.05, 4.69) is 28.5 Å². The van der Waals surface area contributed by atoms with Crippen LogP contribution in [0, 0.1) is 17.2 Å². The van der Waals surface area contributed by atoms with Crippen LogP contribution in [0.5, 0.6) is 5.75 Å². The lowest BCUT2D eigenvalue weighted by Gasteiger charge is -2.17. The Kier molecular flexibility index (Phi) is 8.27. The van der Waals surface area contributed by atoms with Crippen molar-refractivity contribution in [3.63, 3.8) is 0 Å². The number of benzene rings is 1. The molecule has 2 atom stereocenters. The van der Waals surface area contributed by atoms with Gasteiger partial charge in [-0.15, -0.1) is 21.5 Å². The summed E-state index contributed by atoms with van der Waals surface area (Å²) in [6, 6.07) is 7.32. The minimum absolute atomic E-state index is 0.150. The molecule has 0 fully saturated rings. The first kappa shape index (κ1) is 25.8. The monoisotopic (exact) mass is 549 g/mol. The molecule has 0 saturated heterocycles. The summed E-state index contributed by atoms with van der Waals surface area (Å²) in [5, 5.41) is 23.4. The second-order valence-corrected chi connectivity index (χ2v) is 11.3. The Bertz CT molecular complexity index is 1280. The van der Waals surface area contributed by atoms with Gasteiger partial charge in [0.1, 0.15) is 16.8 Å². The van der Waals surface area contributed by atoms with Crippen LogP contribution in [0.1, 0.15) is 55.1 Å². The summed E-state index contributed by atoms with van der Waals surface area (Å²) < 4.78 is 7.90. The molecule has 11 heteroatoms. The van der Waals surface area contributed by atoms with E-state index < -0.39 is 6.10 Å². The van der Waals surface area contributed by atoms with E-state index in [1.807, 2.05) is 18.4 Å². The maximum atomic E-state index is 12.7. The van der Waals surface area contributed by atoms with Crippen molar-refractivity contribution in [3.8, 4) is 11.8 Å². The van der Waals surface area contributed by atoms with Crippen molar-refractivity contribution in [1.29, 1.82) is 5.26 Å². The fraction of sp³-hybridized carbons (Fsp3) is 0.417. The van der Waals surface area contributed by atoms with Gasteiger partial charge in [0, 0.05) is 22.5 Å². The molecular formula is C24H25Cl2N5O2S2. The van der Waals surface area contributed by atoms with Gasteiger partial charge in [-0.25, -0.2) is 0 Å². The largest absolute Gasteiger partial charge is 0.481 e. The van der Waals surface area contributed by atoms with Crippen molar-refractivity contribution in [3.05, 3.63) is 50.1 Å². The van der Waals surface area contributed by atoms with Gasteiger partial charge < -0.3 is 14.6 Å². The van der Waals surface area contributed by atoms with Crippen molar-refractivity contribution in [2.45, 2.75) is 57.8 Å². The summed E-state index contributed by atoms with van der Waals surface area (Å²) in [5.74, 6) is 1.66. The highest BCUT2D eigenvalue weighted by Crippen LogP contribution is 2.39. The van der Waals surface area contributed by atoms with Crippen LogP contribution in [0.25, 0.3) is 0 Å². The number of fused-ring (bicyclic) bond motifs is 1. The Hall–Kier alpha value is -2.25. The number of thiophene rings is 1. The second-order valence-electron chi connectivity index (χ2n) is 8.42. The summed E-state index contributed by atoms with van der Waals surface area (Å²) in [7, 11) is 0. The highest BCUT2D eigenvalue weighted by atomic mass is 35.5. The van der Waals surface area contributed by atoms with Gasteiger partial charge in [-0.1, -0.05) is 41.9 Å². The number of thioether (sulfide) groups is 1. The van der Waals surface area contributed by atoms with Gasteiger partial charge in [-0.05, 0) is 56.7 Å². The number of nitriles is 1. The molecule has 4 rings (SSSR count). The predicted molar refractivity (Wildman–Crippen MR) is 141 cm³/mol. The lowest BCUT2D eigenvalue weighted by Crippen LogP contribution is -2.15. The zero-order valence-corrected chi connectivity index (χ0v) is 22.7. The number of nitrogens with one attached hydrogen (secondary N) is 1. The maximum Gasteiger partial charge on any atom is 0.235 e.